The van der Waals surface area contributed by atoms with Gasteiger partial charge in [0.1, 0.15) is 5.75 Å². The molecule has 0 aliphatic heterocycles. The SMILES string of the molecule is COc1c(-c2ccccc2)cc(C(C)(C)C)cc1C(N)N. The fourth-order valence-corrected chi connectivity index (χ4v) is 2.39. The zero-order valence-corrected chi connectivity index (χ0v) is 13.2. The van der Waals surface area contributed by atoms with Crippen LogP contribution in [0, 0.1) is 0 Å². The maximum absolute atomic E-state index is 5.95. The Morgan fingerprint density at radius 2 is 1.62 bits per heavy atom. The van der Waals surface area contributed by atoms with Crippen molar-refractivity contribution in [3.63, 3.8) is 0 Å². The highest BCUT2D eigenvalue weighted by Crippen LogP contribution is 2.39. The van der Waals surface area contributed by atoms with Gasteiger partial charge in [-0.1, -0.05) is 51.1 Å². The summed E-state index contributed by atoms with van der Waals surface area (Å²) in [5.41, 5.74) is 16.1. The number of nitrogens with two attached hydrogens (primary N) is 2. The first-order valence-corrected chi connectivity index (χ1v) is 7.13. The standard InChI is InChI=1S/C18H24N2O/c1-18(2,3)13-10-14(12-8-6-5-7-9-12)16(21-4)15(11-13)17(19)20/h5-11,17H,19-20H2,1-4H3. The van der Waals surface area contributed by atoms with Crippen LogP contribution in [0.1, 0.15) is 38.1 Å². The van der Waals surface area contributed by atoms with Crippen molar-refractivity contribution in [2.24, 2.45) is 11.5 Å². The van der Waals surface area contributed by atoms with Gasteiger partial charge >= 0.3 is 0 Å². The van der Waals surface area contributed by atoms with Crippen LogP contribution < -0.4 is 16.2 Å². The van der Waals surface area contributed by atoms with Crippen LogP contribution in [0.3, 0.4) is 0 Å². The highest BCUT2D eigenvalue weighted by molar-refractivity contribution is 5.73. The van der Waals surface area contributed by atoms with E-state index in [4.69, 9.17) is 16.2 Å². The summed E-state index contributed by atoms with van der Waals surface area (Å²) in [6.45, 7) is 6.53. The fraction of sp³-hybridized carbons (Fsp3) is 0.333. The number of rotatable bonds is 3. The summed E-state index contributed by atoms with van der Waals surface area (Å²) in [5, 5.41) is 0. The lowest BCUT2D eigenvalue weighted by atomic mass is 9.83. The monoisotopic (exact) mass is 284 g/mol. The van der Waals surface area contributed by atoms with E-state index in [1.54, 1.807) is 7.11 Å². The van der Waals surface area contributed by atoms with E-state index >= 15 is 0 Å². The Hall–Kier alpha value is -1.84. The largest absolute Gasteiger partial charge is 0.496 e. The number of hydrogen-bond donors (Lipinski definition) is 2. The van der Waals surface area contributed by atoms with Gasteiger partial charge in [0.25, 0.3) is 0 Å². The molecule has 0 heterocycles. The number of methoxy groups -OCH3 is 1. The van der Waals surface area contributed by atoms with Crippen molar-refractivity contribution in [3.05, 3.63) is 53.6 Å². The van der Waals surface area contributed by atoms with Crippen LogP contribution in [0.2, 0.25) is 0 Å². The molecule has 0 amide bonds. The molecule has 21 heavy (non-hydrogen) atoms. The lowest BCUT2D eigenvalue weighted by molar-refractivity contribution is 0.407. The molecule has 2 rings (SSSR count). The van der Waals surface area contributed by atoms with Crippen molar-refractivity contribution < 1.29 is 4.74 Å². The van der Waals surface area contributed by atoms with Crippen molar-refractivity contribution in [1.29, 1.82) is 0 Å². The Morgan fingerprint density at radius 1 is 1.00 bits per heavy atom. The van der Waals surface area contributed by atoms with Crippen LogP contribution >= 0.6 is 0 Å². The van der Waals surface area contributed by atoms with Crippen LogP contribution in [-0.2, 0) is 5.41 Å². The molecule has 0 bridgehead atoms. The molecule has 3 heteroatoms. The van der Waals surface area contributed by atoms with Gasteiger partial charge in [0, 0.05) is 11.1 Å². The molecule has 3 nitrogen and oxygen atoms in total. The molecule has 0 aromatic heterocycles. The lowest BCUT2D eigenvalue weighted by Gasteiger charge is -2.24. The first kappa shape index (κ1) is 15.5. The van der Waals surface area contributed by atoms with E-state index in [1.165, 1.54) is 5.56 Å². The second-order valence-electron chi connectivity index (χ2n) is 6.29. The molecule has 0 unspecified atom stereocenters. The van der Waals surface area contributed by atoms with Gasteiger partial charge in [0.05, 0.1) is 13.3 Å². The van der Waals surface area contributed by atoms with Crippen LogP contribution in [0.15, 0.2) is 42.5 Å². The number of ether oxygens (including phenoxy) is 1. The third-order valence-corrected chi connectivity index (χ3v) is 3.63. The molecule has 0 radical (unpaired) electrons. The smallest absolute Gasteiger partial charge is 0.132 e. The summed E-state index contributed by atoms with van der Waals surface area (Å²) in [6.07, 6.45) is -0.565. The van der Waals surface area contributed by atoms with Gasteiger partial charge in [-0.25, -0.2) is 0 Å². The molecular weight excluding hydrogens is 260 g/mol. The Bertz CT molecular complexity index is 613. The quantitative estimate of drug-likeness (QED) is 0.847. The van der Waals surface area contributed by atoms with Gasteiger partial charge in [-0.15, -0.1) is 0 Å². The van der Waals surface area contributed by atoms with E-state index in [2.05, 4.69) is 45.0 Å². The van der Waals surface area contributed by atoms with Gasteiger partial charge in [0.2, 0.25) is 0 Å². The topological polar surface area (TPSA) is 61.3 Å². The summed E-state index contributed by atoms with van der Waals surface area (Å²) in [4.78, 5) is 0. The Morgan fingerprint density at radius 3 is 2.10 bits per heavy atom. The first-order chi connectivity index (χ1) is 9.84. The van der Waals surface area contributed by atoms with Gasteiger partial charge < -0.3 is 16.2 Å². The molecule has 0 saturated heterocycles. The Kier molecular flexibility index (Phi) is 4.35. The summed E-state index contributed by atoms with van der Waals surface area (Å²) < 4.78 is 5.60. The zero-order valence-electron chi connectivity index (χ0n) is 13.2. The summed E-state index contributed by atoms with van der Waals surface area (Å²) in [5.74, 6) is 0.754. The van der Waals surface area contributed by atoms with E-state index in [9.17, 15) is 0 Å². The molecule has 0 spiro atoms. The first-order valence-electron chi connectivity index (χ1n) is 7.13. The van der Waals surface area contributed by atoms with E-state index < -0.39 is 6.17 Å². The van der Waals surface area contributed by atoms with Gasteiger partial charge in [-0.3, -0.25) is 0 Å². The zero-order chi connectivity index (χ0) is 15.6. The summed E-state index contributed by atoms with van der Waals surface area (Å²) >= 11 is 0. The van der Waals surface area contributed by atoms with Gasteiger partial charge in [-0.2, -0.15) is 0 Å². The van der Waals surface area contributed by atoms with E-state index in [0.717, 1.165) is 22.4 Å². The van der Waals surface area contributed by atoms with Crippen molar-refractivity contribution in [3.8, 4) is 16.9 Å². The lowest BCUT2D eigenvalue weighted by Crippen LogP contribution is -2.22. The minimum Gasteiger partial charge on any atom is -0.496 e. The molecular formula is C18H24N2O. The van der Waals surface area contributed by atoms with Crippen LogP contribution in [0.25, 0.3) is 11.1 Å². The maximum Gasteiger partial charge on any atom is 0.132 e. The molecule has 112 valence electrons. The average molecular weight is 284 g/mol. The van der Waals surface area contributed by atoms with Gasteiger partial charge in [0.15, 0.2) is 0 Å². The predicted molar refractivity (Wildman–Crippen MR) is 88.2 cm³/mol. The molecule has 2 aromatic carbocycles. The average Bonchev–Trinajstić information content (AvgIpc) is 2.45. The molecule has 0 fully saturated rings. The Labute approximate surface area is 126 Å². The molecule has 0 saturated carbocycles. The molecule has 0 aliphatic rings. The van der Waals surface area contributed by atoms with E-state index in [1.807, 2.05) is 18.2 Å². The van der Waals surface area contributed by atoms with Gasteiger partial charge in [-0.05, 0) is 28.7 Å². The van der Waals surface area contributed by atoms with Crippen molar-refractivity contribution in [2.45, 2.75) is 32.4 Å². The molecule has 2 aromatic rings. The van der Waals surface area contributed by atoms with E-state index in [0.29, 0.717) is 0 Å². The van der Waals surface area contributed by atoms with E-state index in [-0.39, 0.29) is 5.41 Å². The van der Waals surface area contributed by atoms with Crippen LogP contribution in [0.4, 0.5) is 0 Å². The summed E-state index contributed by atoms with van der Waals surface area (Å²) in [6, 6.07) is 14.4. The Balaban J connectivity index is 2.75. The van der Waals surface area contributed by atoms with Crippen LogP contribution in [0.5, 0.6) is 5.75 Å². The molecule has 4 N–H and O–H groups in total. The number of benzene rings is 2. The fourth-order valence-electron chi connectivity index (χ4n) is 2.39. The number of hydrogen-bond acceptors (Lipinski definition) is 3. The van der Waals surface area contributed by atoms with Crippen LogP contribution in [-0.4, -0.2) is 7.11 Å². The predicted octanol–water partition coefficient (Wildman–Crippen LogP) is 3.58. The highest BCUT2D eigenvalue weighted by Gasteiger charge is 2.21. The second kappa shape index (κ2) is 5.88. The third kappa shape index (κ3) is 3.26. The van der Waals surface area contributed by atoms with Crippen molar-refractivity contribution in [2.75, 3.05) is 7.11 Å². The third-order valence-electron chi connectivity index (χ3n) is 3.63. The molecule has 0 atom stereocenters. The van der Waals surface area contributed by atoms with Crippen molar-refractivity contribution in [1.82, 2.24) is 0 Å². The summed E-state index contributed by atoms with van der Waals surface area (Å²) in [7, 11) is 1.66. The maximum atomic E-state index is 5.95. The second-order valence-corrected chi connectivity index (χ2v) is 6.29. The highest BCUT2D eigenvalue weighted by atomic mass is 16.5. The normalized spacial score (nSPS) is 11.8. The minimum absolute atomic E-state index is 0.0133. The minimum atomic E-state index is -0.565. The van der Waals surface area contributed by atoms with Crippen molar-refractivity contribution >= 4 is 0 Å². The molecule has 0 aliphatic carbocycles.